The van der Waals surface area contributed by atoms with Crippen LogP contribution in [0.15, 0.2) is 42.0 Å². The molecule has 2 heterocycles. The molecule has 2 atom stereocenters. The van der Waals surface area contributed by atoms with Gasteiger partial charge in [-0.15, -0.1) is 0 Å². The van der Waals surface area contributed by atoms with Crippen LogP contribution in [0.25, 0.3) is 5.76 Å². The van der Waals surface area contributed by atoms with Crippen molar-refractivity contribution in [2.75, 3.05) is 20.3 Å². The second kappa shape index (κ2) is 8.96. The first kappa shape index (κ1) is 22.4. The number of aryl methyl sites for hydroxylation is 2. The van der Waals surface area contributed by atoms with Crippen molar-refractivity contribution in [2.45, 2.75) is 38.8 Å². The molecular formula is C25H26ClNO5. The zero-order valence-electron chi connectivity index (χ0n) is 18.4. The number of rotatable bonds is 5. The summed E-state index contributed by atoms with van der Waals surface area (Å²) in [6.07, 6.45) is 1.61. The lowest BCUT2D eigenvalue weighted by molar-refractivity contribution is -0.140. The Balaban J connectivity index is 1.92. The van der Waals surface area contributed by atoms with E-state index in [4.69, 9.17) is 21.1 Å². The molecule has 0 radical (unpaired) electrons. The van der Waals surface area contributed by atoms with Crippen LogP contribution in [-0.4, -0.2) is 48.1 Å². The van der Waals surface area contributed by atoms with Gasteiger partial charge in [-0.2, -0.15) is 0 Å². The van der Waals surface area contributed by atoms with Gasteiger partial charge in [-0.1, -0.05) is 35.9 Å². The van der Waals surface area contributed by atoms with Gasteiger partial charge in [0.05, 0.1) is 35.4 Å². The van der Waals surface area contributed by atoms with Crippen molar-refractivity contribution in [3.05, 3.63) is 69.2 Å². The Kier molecular flexibility index (Phi) is 6.26. The molecular weight excluding hydrogens is 430 g/mol. The molecule has 0 aromatic heterocycles. The molecule has 1 amide bonds. The highest BCUT2D eigenvalue weighted by Gasteiger charge is 2.47. The smallest absolute Gasteiger partial charge is 0.295 e. The monoisotopic (exact) mass is 455 g/mol. The second-order valence-corrected chi connectivity index (χ2v) is 8.68. The van der Waals surface area contributed by atoms with Gasteiger partial charge in [-0.25, -0.2) is 0 Å². The van der Waals surface area contributed by atoms with Gasteiger partial charge in [0.1, 0.15) is 11.5 Å². The Morgan fingerprint density at radius 2 is 2.00 bits per heavy atom. The largest absolute Gasteiger partial charge is 0.507 e. The number of aliphatic hydroxyl groups excluding tert-OH is 1. The highest BCUT2D eigenvalue weighted by Crippen LogP contribution is 2.43. The van der Waals surface area contributed by atoms with Crippen molar-refractivity contribution in [3.63, 3.8) is 0 Å². The predicted molar refractivity (Wildman–Crippen MR) is 122 cm³/mol. The number of aliphatic hydroxyl groups is 1. The van der Waals surface area contributed by atoms with E-state index in [1.165, 1.54) is 12.0 Å². The van der Waals surface area contributed by atoms with Crippen molar-refractivity contribution < 1.29 is 24.2 Å². The van der Waals surface area contributed by atoms with Crippen LogP contribution in [0.4, 0.5) is 0 Å². The van der Waals surface area contributed by atoms with Crippen LogP contribution >= 0.6 is 11.6 Å². The van der Waals surface area contributed by atoms with Crippen LogP contribution in [0.3, 0.4) is 0 Å². The standard InChI is InChI=1S/C25H26ClNO5/c1-14-11-18(24(31-3)19(26)12-14)22(28)20-21(17-9-5-4-7-15(17)2)27(25(30)23(20)29)13-16-8-6-10-32-16/h4-5,7,9,11-12,16,21,28H,6,8,10,13H2,1-3H3/b22-20+. The number of halogens is 1. The van der Waals surface area contributed by atoms with Gasteiger partial charge in [0, 0.05) is 13.2 Å². The third kappa shape index (κ3) is 3.89. The maximum absolute atomic E-state index is 13.2. The minimum Gasteiger partial charge on any atom is -0.507 e. The van der Waals surface area contributed by atoms with E-state index in [-0.39, 0.29) is 35.3 Å². The van der Waals surface area contributed by atoms with Gasteiger partial charge in [0.15, 0.2) is 0 Å². The van der Waals surface area contributed by atoms with E-state index < -0.39 is 17.7 Å². The summed E-state index contributed by atoms with van der Waals surface area (Å²) in [5.74, 6) is -1.42. The number of Topliss-reactive ketones (excluding diaryl/α,β-unsaturated/α-hetero) is 1. The second-order valence-electron chi connectivity index (χ2n) is 8.27. The quantitative estimate of drug-likeness (QED) is 0.406. The third-order valence-corrected chi connectivity index (χ3v) is 6.38. The van der Waals surface area contributed by atoms with Crippen molar-refractivity contribution in [3.8, 4) is 5.75 Å². The molecule has 0 bridgehead atoms. The maximum Gasteiger partial charge on any atom is 0.295 e. The highest BCUT2D eigenvalue weighted by atomic mass is 35.5. The van der Waals surface area contributed by atoms with Gasteiger partial charge < -0.3 is 19.5 Å². The molecule has 2 saturated heterocycles. The number of carbonyl (C=O) groups excluding carboxylic acids is 2. The number of likely N-dealkylation sites (tertiary alicyclic amines) is 1. The molecule has 2 unspecified atom stereocenters. The lowest BCUT2D eigenvalue weighted by Crippen LogP contribution is -2.36. The molecule has 2 fully saturated rings. The Labute approximate surface area is 192 Å². The SMILES string of the molecule is COc1c(Cl)cc(C)cc1/C(O)=C1\C(=O)C(=O)N(CC2CCCO2)C1c1ccccc1C. The van der Waals surface area contributed by atoms with E-state index in [0.29, 0.717) is 11.6 Å². The molecule has 2 aromatic carbocycles. The van der Waals surface area contributed by atoms with Crippen LogP contribution in [-0.2, 0) is 14.3 Å². The molecule has 2 aliphatic rings. The molecule has 0 aliphatic carbocycles. The molecule has 0 spiro atoms. The van der Waals surface area contributed by atoms with E-state index in [1.807, 2.05) is 38.1 Å². The predicted octanol–water partition coefficient (Wildman–Crippen LogP) is 4.57. The van der Waals surface area contributed by atoms with Crippen molar-refractivity contribution in [2.24, 2.45) is 0 Å². The average molecular weight is 456 g/mol. The first-order chi connectivity index (χ1) is 15.3. The third-order valence-electron chi connectivity index (χ3n) is 6.09. The summed E-state index contributed by atoms with van der Waals surface area (Å²) in [4.78, 5) is 27.9. The summed E-state index contributed by atoms with van der Waals surface area (Å²) in [6, 6.07) is 10.2. The molecule has 0 saturated carbocycles. The first-order valence-corrected chi connectivity index (χ1v) is 11.0. The fraction of sp³-hybridized carbons (Fsp3) is 0.360. The van der Waals surface area contributed by atoms with Crippen molar-refractivity contribution in [1.29, 1.82) is 0 Å². The van der Waals surface area contributed by atoms with Gasteiger partial charge in [0.25, 0.3) is 11.7 Å². The van der Waals surface area contributed by atoms with Crippen LogP contribution in [0.5, 0.6) is 5.75 Å². The molecule has 6 nitrogen and oxygen atoms in total. The highest BCUT2D eigenvalue weighted by molar-refractivity contribution is 6.46. The summed E-state index contributed by atoms with van der Waals surface area (Å²) in [7, 11) is 1.45. The van der Waals surface area contributed by atoms with Crippen LogP contribution in [0.2, 0.25) is 5.02 Å². The van der Waals surface area contributed by atoms with E-state index in [2.05, 4.69) is 0 Å². The lowest BCUT2D eigenvalue weighted by Gasteiger charge is -2.28. The molecule has 32 heavy (non-hydrogen) atoms. The lowest BCUT2D eigenvalue weighted by atomic mass is 9.92. The van der Waals surface area contributed by atoms with Gasteiger partial charge >= 0.3 is 0 Å². The number of ketones is 1. The normalized spacial score (nSPS) is 22.6. The molecule has 4 rings (SSSR count). The summed E-state index contributed by atoms with van der Waals surface area (Å²) in [5.41, 5.74) is 2.80. The minimum atomic E-state index is -0.732. The summed E-state index contributed by atoms with van der Waals surface area (Å²) in [6.45, 7) is 4.68. The number of nitrogens with zero attached hydrogens (tertiary/aromatic N) is 1. The maximum atomic E-state index is 13.2. The molecule has 1 N–H and O–H groups in total. The number of hydrogen-bond acceptors (Lipinski definition) is 5. The number of ether oxygens (including phenoxy) is 2. The Hall–Kier alpha value is -2.83. The number of carbonyl (C=O) groups is 2. The van der Waals surface area contributed by atoms with E-state index >= 15 is 0 Å². The fourth-order valence-corrected chi connectivity index (χ4v) is 4.90. The minimum absolute atomic E-state index is 0.0299. The zero-order valence-corrected chi connectivity index (χ0v) is 19.1. The summed E-state index contributed by atoms with van der Waals surface area (Å²) in [5, 5.41) is 11.7. The summed E-state index contributed by atoms with van der Waals surface area (Å²) < 4.78 is 11.2. The Morgan fingerprint density at radius 3 is 2.66 bits per heavy atom. The fourth-order valence-electron chi connectivity index (χ4n) is 4.55. The number of benzene rings is 2. The van der Waals surface area contributed by atoms with E-state index in [0.717, 1.165) is 29.5 Å². The van der Waals surface area contributed by atoms with E-state index in [9.17, 15) is 14.7 Å². The van der Waals surface area contributed by atoms with Crippen molar-refractivity contribution >= 4 is 29.1 Å². The van der Waals surface area contributed by atoms with Crippen LogP contribution in [0, 0.1) is 13.8 Å². The average Bonchev–Trinajstić information content (AvgIpc) is 3.36. The Morgan fingerprint density at radius 1 is 1.25 bits per heavy atom. The van der Waals surface area contributed by atoms with Gasteiger partial charge in [0.2, 0.25) is 0 Å². The van der Waals surface area contributed by atoms with E-state index in [1.54, 1.807) is 12.1 Å². The summed E-state index contributed by atoms with van der Waals surface area (Å²) >= 11 is 6.33. The molecule has 2 aromatic rings. The molecule has 2 aliphatic heterocycles. The van der Waals surface area contributed by atoms with Crippen molar-refractivity contribution in [1.82, 2.24) is 4.90 Å². The van der Waals surface area contributed by atoms with Crippen LogP contribution in [0.1, 0.15) is 41.1 Å². The molecule has 7 heteroatoms. The molecule has 168 valence electrons. The van der Waals surface area contributed by atoms with Gasteiger partial charge in [-0.05, 0) is 55.5 Å². The topological polar surface area (TPSA) is 76.1 Å². The number of amides is 1. The van der Waals surface area contributed by atoms with Crippen LogP contribution < -0.4 is 4.74 Å². The Bertz CT molecular complexity index is 1100. The number of hydrogen-bond donors (Lipinski definition) is 1. The van der Waals surface area contributed by atoms with Gasteiger partial charge in [-0.3, -0.25) is 9.59 Å². The zero-order chi connectivity index (χ0) is 23.0. The first-order valence-electron chi connectivity index (χ1n) is 10.6. The number of methoxy groups -OCH3 is 1.